The van der Waals surface area contributed by atoms with Crippen molar-refractivity contribution in [1.29, 1.82) is 0 Å². The van der Waals surface area contributed by atoms with Gasteiger partial charge in [-0.05, 0) is 50.1 Å². The van der Waals surface area contributed by atoms with Gasteiger partial charge in [0.1, 0.15) is 17.4 Å². The summed E-state index contributed by atoms with van der Waals surface area (Å²) in [7, 11) is 0. The Kier molecular flexibility index (Phi) is 5.66. The number of aromatic amines is 1. The van der Waals surface area contributed by atoms with Gasteiger partial charge in [-0.15, -0.1) is 5.10 Å². The molecule has 4 aromatic heterocycles. The molecule has 1 aromatic carbocycles. The van der Waals surface area contributed by atoms with Gasteiger partial charge in [0, 0.05) is 42.5 Å². The Morgan fingerprint density at radius 3 is 2.72 bits per heavy atom. The SMILES string of the molecule is CCOc1cc(-c2ccc(N3C4CCC3CN(C(=O)c3c(F)cccc3Cl)C4)nc2)c2c3cn[nH]c3nn2c1. The molecule has 5 aromatic rings. The van der Waals surface area contributed by atoms with Gasteiger partial charge >= 0.3 is 0 Å². The number of carbonyl (C=O) groups is 1. The lowest BCUT2D eigenvalue weighted by Crippen LogP contribution is -2.55. The van der Waals surface area contributed by atoms with E-state index in [0.717, 1.165) is 46.4 Å². The number of amides is 1. The monoisotopic (exact) mass is 545 g/mol. The molecule has 2 saturated heterocycles. The maximum absolute atomic E-state index is 14.4. The topological polar surface area (TPSA) is 91.6 Å². The molecule has 2 unspecified atom stereocenters. The van der Waals surface area contributed by atoms with Gasteiger partial charge in [0.15, 0.2) is 5.65 Å². The molecule has 0 spiro atoms. The Morgan fingerprint density at radius 1 is 1.18 bits per heavy atom. The number of H-pyrrole nitrogens is 1. The smallest absolute Gasteiger partial charge is 0.258 e. The predicted octanol–water partition coefficient (Wildman–Crippen LogP) is 4.96. The summed E-state index contributed by atoms with van der Waals surface area (Å²) >= 11 is 6.18. The molecule has 0 aliphatic carbocycles. The van der Waals surface area contributed by atoms with E-state index in [2.05, 4.69) is 26.3 Å². The lowest BCUT2D eigenvalue weighted by atomic mass is 10.1. The van der Waals surface area contributed by atoms with E-state index in [9.17, 15) is 9.18 Å². The van der Waals surface area contributed by atoms with Crippen LogP contribution < -0.4 is 9.64 Å². The van der Waals surface area contributed by atoms with Crippen LogP contribution in [0.4, 0.5) is 10.2 Å². The first-order valence-corrected chi connectivity index (χ1v) is 13.4. The number of likely N-dealkylation sites (tertiary alicyclic amines) is 1. The Bertz CT molecular complexity index is 1680. The second kappa shape index (κ2) is 9.23. The zero-order valence-corrected chi connectivity index (χ0v) is 21.9. The summed E-state index contributed by atoms with van der Waals surface area (Å²) in [5.41, 5.74) is 3.46. The van der Waals surface area contributed by atoms with Gasteiger partial charge < -0.3 is 14.5 Å². The van der Waals surface area contributed by atoms with Gasteiger partial charge in [0.05, 0.1) is 40.5 Å². The number of pyridine rings is 2. The summed E-state index contributed by atoms with van der Waals surface area (Å²) in [6.45, 7) is 3.48. The number of rotatable bonds is 5. The highest BCUT2D eigenvalue weighted by Crippen LogP contribution is 2.37. The van der Waals surface area contributed by atoms with E-state index < -0.39 is 5.82 Å². The van der Waals surface area contributed by atoms with Gasteiger partial charge in [-0.1, -0.05) is 17.7 Å². The minimum absolute atomic E-state index is 0.0540. The van der Waals surface area contributed by atoms with E-state index in [0.29, 0.717) is 25.3 Å². The van der Waals surface area contributed by atoms with Crippen molar-refractivity contribution in [3.05, 3.63) is 71.4 Å². The quantitative estimate of drug-likeness (QED) is 0.336. The number of halogens is 2. The first-order chi connectivity index (χ1) is 19.0. The molecule has 2 aliphatic rings. The summed E-state index contributed by atoms with van der Waals surface area (Å²) in [6, 6.07) is 10.6. The lowest BCUT2D eigenvalue weighted by Gasteiger charge is -2.42. The van der Waals surface area contributed by atoms with Crippen molar-refractivity contribution in [2.45, 2.75) is 31.8 Å². The fourth-order valence-electron chi connectivity index (χ4n) is 6.01. The van der Waals surface area contributed by atoms with Crippen molar-refractivity contribution in [2.24, 2.45) is 0 Å². The number of benzene rings is 1. The highest BCUT2D eigenvalue weighted by molar-refractivity contribution is 6.33. The first kappa shape index (κ1) is 23.9. The van der Waals surface area contributed by atoms with E-state index in [-0.39, 0.29) is 28.6 Å². The molecule has 7 rings (SSSR count). The summed E-state index contributed by atoms with van der Waals surface area (Å²) in [5, 5.41) is 12.7. The van der Waals surface area contributed by atoms with Crippen LogP contribution in [0.3, 0.4) is 0 Å². The Morgan fingerprint density at radius 2 is 2.00 bits per heavy atom. The second-order valence-corrected chi connectivity index (χ2v) is 10.4. The number of nitrogens with one attached hydrogen (secondary N) is 1. The van der Waals surface area contributed by atoms with Crippen LogP contribution in [0.1, 0.15) is 30.1 Å². The van der Waals surface area contributed by atoms with Gasteiger partial charge in [-0.25, -0.2) is 13.9 Å². The number of ether oxygens (including phenoxy) is 1. The number of nitrogens with zero attached hydrogens (tertiary/aromatic N) is 6. The molecule has 0 saturated carbocycles. The first-order valence-electron chi connectivity index (χ1n) is 13.0. The fraction of sp³-hybridized carbons (Fsp3) is 0.286. The third-order valence-electron chi connectivity index (χ3n) is 7.68. The molecule has 2 fully saturated rings. The number of fused-ring (bicyclic) bond motifs is 5. The summed E-state index contributed by atoms with van der Waals surface area (Å²) in [6.07, 6.45) is 7.39. The molecule has 198 valence electrons. The maximum Gasteiger partial charge on any atom is 0.258 e. The van der Waals surface area contributed by atoms with Gasteiger partial charge in [-0.2, -0.15) is 5.10 Å². The molecule has 2 atom stereocenters. The number of carbonyl (C=O) groups excluding carboxylic acids is 1. The fourth-order valence-corrected chi connectivity index (χ4v) is 6.25. The van der Waals surface area contributed by atoms with Gasteiger partial charge in [0.25, 0.3) is 5.91 Å². The van der Waals surface area contributed by atoms with E-state index in [1.54, 1.807) is 17.2 Å². The predicted molar refractivity (Wildman–Crippen MR) is 146 cm³/mol. The molecule has 9 nitrogen and oxygen atoms in total. The minimum Gasteiger partial charge on any atom is -0.492 e. The molecule has 1 N–H and O–H groups in total. The lowest BCUT2D eigenvalue weighted by molar-refractivity contribution is 0.0713. The summed E-state index contributed by atoms with van der Waals surface area (Å²) in [4.78, 5) is 22.1. The molecular weight excluding hydrogens is 521 g/mol. The molecule has 2 aliphatic heterocycles. The van der Waals surface area contributed by atoms with Crippen LogP contribution in [0, 0.1) is 5.82 Å². The molecule has 0 radical (unpaired) electrons. The molecule has 39 heavy (non-hydrogen) atoms. The number of hydrogen-bond donors (Lipinski definition) is 1. The zero-order valence-electron chi connectivity index (χ0n) is 21.1. The third-order valence-corrected chi connectivity index (χ3v) is 8.00. The van der Waals surface area contributed by atoms with E-state index >= 15 is 0 Å². The third kappa shape index (κ3) is 3.89. The number of hydrogen-bond acceptors (Lipinski definition) is 6. The average molecular weight is 546 g/mol. The van der Waals surface area contributed by atoms with Crippen molar-refractivity contribution in [1.82, 2.24) is 29.7 Å². The molecular formula is C28H25ClFN7O2. The number of aromatic nitrogens is 5. The largest absolute Gasteiger partial charge is 0.492 e. The van der Waals surface area contributed by atoms with Crippen LogP contribution in [0.25, 0.3) is 27.7 Å². The maximum atomic E-state index is 14.4. The summed E-state index contributed by atoms with van der Waals surface area (Å²) < 4.78 is 22.0. The van der Waals surface area contributed by atoms with Crippen molar-refractivity contribution in [3.63, 3.8) is 0 Å². The van der Waals surface area contributed by atoms with Gasteiger partial charge in [-0.3, -0.25) is 9.89 Å². The van der Waals surface area contributed by atoms with Crippen LogP contribution in [0.15, 0.2) is 55.0 Å². The van der Waals surface area contributed by atoms with Crippen LogP contribution >= 0.6 is 11.6 Å². The van der Waals surface area contributed by atoms with Crippen molar-refractivity contribution >= 4 is 39.9 Å². The van der Waals surface area contributed by atoms with Crippen LogP contribution in [-0.4, -0.2) is 67.4 Å². The Balaban J connectivity index is 1.18. The van der Waals surface area contributed by atoms with E-state index in [4.69, 9.17) is 21.3 Å². The normalized spacial score (nSPS) is 18.8. The number of anilines is 1. The summed E-state index contributed by atoms with van der Waals surface area (Å²) in [5.74, 6) is 0.632. The molecule has 6 heterocycles. The van der Waals surface area contributed by atoms with Crippen LogP contribution in [0.5, 0.6) is 5.75 Å². The zero-order chi connectivity index (χ0) is 26.7. The standard InChI is InChI=1S/C28H25ClFN7O2/c1-2-39-19-10-20(26-21-12-32-33-27(21)34-36(26)15-19)16-6-9-24(31-11-16)37-17-7-8-18(37)14-35(13-17)28(38)25-22(29)4-3-5-23(25)30/h3-6,9-12,15,17-18H,2,7-8,13-14H2,1H3,(H,33,34). The Hall–Kier alpha value is -4.18. The molecule has 2 bridgehead atoms. The Labute approximate surface area is 228 Å². The van der Waals surface area contributed by atoms with E-state index in [1.165, 1.54) is 12.1 Å². The molecule has 1 amide bonds. The highest BCUT2D eigenvalue weighted by Gasteiger charge is 2.42. The minimum atomic E-state index is -0.590. The second-order valence-electron chi connectivity index (χ2n) is 9.95. The van der Waals surface area contributed by atoms with Crippen LogP contribution in [-0.2, 0) is 0 Å². The average Bonchev–Trinajstić information content (AvgIpc) is 3.59. The highest BCUT2D eigenvalue weighted by atomic mass is 35.5. The van der Waals surface area contributed by atoms with Gasteiger partial charge in [0.2, 0.25) is 0 Å². The molecule has 11 heteroatoms. The number of piperazine rings is 1. The van der Waals surface area contributed by atoms with Crippen molar-refractivity contribution in [3.8, 4) is 16.9 Å². The van der Waals surface area contributed by atoms with Crippen molar-refractivity contribution in [2.75, 3.05) is 24.6 Å². The van der Waals surface area contributed by atoms with Crippen LogP contribution in [0.2, 0.25) is 5.02 Å². The van der Waals surface area contributed by atoms with Crippen molar-refractivity contribution < 1.29 is 13.9 Å². The van der Waals surface area contributed by atoms with E-state index in [1.807, 2.05) is 36.0 Å².